The van der Waals surface area contributed by atoms with Gasteiger partial charge in [0.25, 0.3) is 5.91 Å². The van der Waals surface area contributed by atoms with Crippen LogP contribution >= 0.6 is 0 Å². The summed E-state index contributed by atoms with van der Waals surface area (Å²) in [5.74, 6) is -0.618. The molecule has 132 valence electrons. The maximum atomic E-state index is 13.0. The number of aromatic nitrogens is 1. The average molecular weight is 342 g/mol. The fourth-order valence-electron chi connectivity index (χ4n) is 2.79. The van der Waals surface area contributed by atoms with E-state index in [-0.39, 0.29) is 17.5 Å². The minimum Gasteiger partial charge on any atom is -0.497 e. The first-order chi connectivity index (χ1) is 11.9. The molecule has 0 spiro atoms. The van der Waals surface area contributed by atoms with Crippen molar-refractivity contribution in [3.05, 3.63) is 58.9 Å². The number of carboxylic acid groups (broad SMARTS) is 1. The zero-order valence-corrected chi connectivity index (χ0v) is 14.8. The first-order valence-electron chi connectivity index (χ1n) is 8.03. The van der Waals surface area contributed by atoms with Gasteiger partial charge in [-0.2, -0.15) is 0 Å². The zero-order valence-electron chi connectivity index (χ0n) is 14.8. The molecule has 0 aliphatic carbocycles. The number of carboxylic acids is 1. The number of pyridine rings is 1. The molecule has 1 aromatic carbocycles. The Balaban J connectivity index is 2.38. The SMILES string of the molecule is CCN(C(=O)c1cncc(C(=O)O)c1C)C(C)c1cccc(OC)c1. The lowest BCUT2D eigenvalue weighted by Crippen LogP contribution is -2.34. The molecule has 0 saturated heterocycles. The summed E-state index contributed by atoms with van der Waals surface area (Å²) in [7, 11) is 1.60. The zero-order chi connectivity index (χ0) is 18.6. The summed E-state index contributed by atoms with van der Waals surface area (Å²) in [5.41, 5.74) is 1.70. The molecule has 1 aromatic heterocycles. The Labute approximate surface area is 147 Å². The van der Waals surface area contributed by atoms with E-state index >= 15 is 0 Å². The van der Waals surface area contributed by atoms with Crippen molar-refractivity contribution in [3.63, 3.8) is 0 Å². The van der Waals surface area contributed by atoms with Gasteiger partial charge in [-0.25, -0.2) is 4.79 Å². The molecule has 0 saturated carbocycles. The van der Waals surface area contributed by atoms with Crippen LogP contribution in [0.5, 0.6) is 5.75 Å². The number of ether oxygens (including phenoxy) is 1. The maximum absolute atomic E-state index is 13.0. The highest BCUT2D eigenvalue weighted by Gasteiger charge is 2.25. The van der Waals surface area contributed by atoms with Crippen molar-refractivity contribution >= 4 is 11.9 Å². The number of benzene rings is 1. The lowest BCUT2D eigenvalue weighted by Gasteiger charge is -2.29. The van der Waals surface area contributed by atoms with E-state index in [1.807, 2.05) is 38.1 Å². The van der Waals surface area contributed by atoms with Gasteiger partial charge in [0.15, 0.2) is 0 Å². The smallest absolute Gasteiger partial charge is 0.337 e. The molecule has 0 radical (unpaired) electrons. The molecule has 0 aliphatic heterocycles. The average Bonchev–Trinajstić information content (AvgIpc) is 2.62. The van der Waals surface area contributed by atoms with Crippen molar-refractivity contribution in [3.8, 4) is 5.75 Å². The van der Waals surface area contributed by atoms with E-state index < -0.39 is 5.97 Å². The van der Waals surface area contributed by atoms with Crippen LogP contribution in [-0.4, -0.2) is 40.5 Å². The van der Waals surface area contributed by atoms with Gasteiger partial charge < -0.3 is 14.7 Å². The van der Waals surface area contributed by atoms with E-state index in [0.29, 0.717) is 17.7 Å². The Hall–Kier alpha value is -2.89. The molecule has 2 aromatic rings. The largest absolute Gasteiger partial charge is 0.497 e. The molecule has 1 N–H and O–H groups in total. The van der Waals surface area contributed by atoms with E-state index in [9.17, 15) is 14.7 Å². The van der Waals surface area contributed by atoms with Gasteiger partial charge in [-0.05, 0) is 44.0 Å². The van der Waals surface area contributed by atoms with Crippen LogP contribution in [0.1, 0.15) is 51.7 Å². The second-order valence-corrected chi connectivity index (χ2v) is 5.71. The van der Waals surface area contributed by atoms with Gasteiger partial charge in [0, 0.05) is 18.9 Å². The minimum absolute atomic E-state index is 0.0379. The van der Waals surface area contributed by atoms with Crippen LogP contribution in [-0.2, 0) is 0 Å². The van der Waals surface area contributed by atoms with Gasteiger partial charge in [0.05, 0.1) is 24.3 Å². The Morgan fingerprint density at radius 1 is 1.28 bits per heavy atom. The van der Waals surface area contributed by atoms with E-state index in [1.54, 1.807) is 18.9 Å². The molecule has 0 fully saturated rings. The Morgan fingerprint density at radius 3 is 2.56 bits per heavy atom. The minimum atomic E-state index is -1.09. The third kappa shape index (κ3) is 3.79. The molecule has 1 atom stereocenters. The summed E-state index contributed by atoms with van der Waals surface area (Å²) < 4.78 is 5.25. The summed E-state index contributed by atoms with van der Waals surface area (Å²) in [4.78, 5) is 29.9. The van der Waals surface area contributed by atoms with E-state index in [4.69, 9.17) is 4.74 Å². The Kier molecular flexibility index (Phi) is 5.75. The van der Waals surface area contributed by atoms with Gasteiger partial charge in [-0.15, -0.1) is 0 Å². The van der Waals surface area contributed by atoms with Crippen LogP contribution in [0.4, 0.5) is 0 Å². The quantitative estimate of drug-likeness (QED) is 0.871. The monoisotopic (exact) mass is 342 g/mol. The highest BCUT2D eigenvalue weighted by atomic mass is 16.5. The lowest BCUT2D eigenvalue weighted by molar-refractivity contribution is 0.0695. The van der Waals surface area contributed by atoms with Crippen molar-refractivity contribution in [2.45, 2.75) is 26.8 Å². The fourth-order valence-corrected chi connectivity index (χ4v) is 2.79. The first kappa shape index (κ1) is 18.4. The van der Waals surface area contributed by atoms with Gasteiger partial charge in [0.1, 0.15) is 5.75 Å². The van der Waals surface area contributed by atoms with Crippen LogP contribution in [0.25, 0.3) is 0 Å². The highest BCUT2D eigenvalue weighted by molar-refractivity contribution is 5.99. The summed E-state index contributed by atoms with van der Waals surface area (Å²) in [6.45, 7) is 5.93. The molecule has 0 bridgehead atoms. The summed E-state index contributed by atoms with van der Waals surface area (Å²) >= 11 is 0. The molecule has 6 nitrogen and oxygen atoms in total. The van der Waals surface area contributed by atoms with Crippen molar-refractivity contribution in [2.75, 3.05) is 13.7 Å². The third-order valence-corrected chi connectivity index (χ3v) is 4.32. The molecule has 25 heavy (non-hydrogen) atoms. The number of amides is 1. The molecule has 2 rings (SSSR count). The predicted octanol–water partition coefficient (Wildman–Crippen LogP) is 3.32. The first-order valence-corrected chi connectivity index (χ1v) is 8.03. The number of carbonyl (C=O) groups excluding carboxylic acids is 1. The van der Waals surface area contributed by atoms with E-state index in [0.717, 1.165) is 11.3 Å². The number of carbonyl (C=O) groups is 2. The number of nitrogens with zero attached hydrogens (tertiary/aromatic N) is 2. The second-order valence-electron chi connectivity index (χ2n) is 5.71. The van der Waals surface area contributed by atoms with Crippen LogP contribution in [0.2, 0.25) is 0 Å². The Bertz CT molecular complexity index is 789. The molecular weight excluding hydrogens is 320 g/mol. The van der Waals surface area contributed by atoms with Crippen molar-refractivity contribution in [2.24, 2.45) is 0 Å². The van der Waals surface area contributed by atoms with Gasteiger partial charge in [0.2, 0.25) is 0 Å². The van der Waals surface area contributed by atoms with E-state index in [1.165, 1.54) is 12.4 Å². The number of methoxy groups -OCH3 is 1. The number of aromatic carboxylic acids is 1. The molecule has 6 heteroatoms. The van der Waals surface area contributed by atoms with Crippen LogP contribution < -0.4 is 4.74 Å². The second kappa shape index (κ2) is 7.79. The summed E-state index contributed by atoms with van der Waals surface area (Å²) in [6, 6.07) is 7.35. The van der Waals surface area contributed by atoms with Crippen LogP contribution in [0, 0.1) is 6.92 Å². The van der Waals surface area contributed by atoms with Crippen molar-refractivity contribution in [1.29, 1.82) is 0 Å². The molecule has 1 heterocycles. The third-order valence-electron chi connectivity index (χ3n) is 4.32. The topological polar surface area (TPSA) is 79.7 Å². The molecule has 1 unspecified atom stereocenters. The summed E-state index contributed by atoms with van der Waals surface area (Å²) in [5, 5.41) is 9.23. The number of hydrogen-bond donors (Lipinski definition) is 1. The molecule has 0 aliphatic rings. The summed E-state index contributed by atoms with van der Waals surface area (Å²) in [6.07, 6.45) is 2.68. The van der Waals surface area contributed by atoms with Crippen LogP contribution in [0.3, 0.4) is 0 Å². The van der Waals surface area contributed by atoms with Crippen molar-refractivity contribution in [1.82, 2.24) is 9.88 Å². The van der Waals surface area contributed by atoms with E-state index in [2.05, 4.69) is 4.98 Å². The van der Waals surface area contributed by atoms with Gasteiger partial charge in [-0.1, -0.05) is 12.1 Å². The molecular formula is C19H22N2O4. The highest BCUT2D eigenvalue weighted by Crippen LogP contribution is 2.26. The van der Waals surface area contributed by atoms with Gasteiger partial charge in [-0.3, -0.25) is 9.78 Å². The maximum Gasteiger partial charge on any atom is 0.337 e. The predicted molar refractivity (Wildman–Crippen MR) is 94.1 cm³/mol. The standard InChI is InChI=1S/C19H22N2O4/c1-5-21(13(3)14-7-6-8-15(9-14)25-4)18(22)16-10-20-11-17(12(16)2)19(23)24/h6-11,13H,5H2,1-4H3,(H,23,24). The normalized spacial score (nSPS) is 11.7. The lowest BCUT2D eigenvalue weighted by atomic mass is 10.0. The van der Waals surface area contributed by atoms with Crippen molar-refractivity contribution < 1.29 is 19.4 Å². The Morgan fingerprint density at radius 2 is 1.96 bits per heavy atom. The fraction of sp³-hybridized carbons (Fsp3) is 0.316. The van der Waals surface area contributed by atoms with Gasteiger partial charge >= 0.3 is 5.97 Å². The van der Waals surface area contributed by atoms with Crippen LogP contribution in [0.15, 0.2) is 36.7 Å². The molecule has 1 amide bonds. The number of rotatable bonds is 6. The number of hydrogen-bond acceptors (Lipinski definition) is 4.